The summed E-state index contributed by atoms with van der Waals surface area (Å²) in [5.41, 5.74) is 1.54. The Morgan fingerprint density at radius 2 is 2.00 bits per heavy atom. The molecule has 62 valence electrons. The Morgan fingerprint density at radius 1 is 1.33 bits per heavy atom. The van der Waals surface area contributed by atoms with E-state index >= 15 is 0 Å². The monoisotopic (exact) mass is 181 g/mol. The van der Waals surface area contributed by atoms with Gasteiger partial charge in [-0.15, -0.1) is 0 Å². The zero-order chi connectivity index (χ0) is 8.55. The first-order chi connectivity index (χ1) is 5.75. The molecular formula is C9H8ClNO. The van der Waals surface area contributed by atoms with E-state index < -0.39 is 0 Å². The lowest BCUT2D eigenvalue weighted by Crippen LogP contribution is -2.33. The van der Waals surface area contributed by atoms with Crippen LogP contribution in [0.1, 0.15) is 15.9 Å². The molecular weight excluding hydrogens is 174 g/mol. The van der Waals surface area contributed by atoms with E-state index in [9.17, 15) is 4.79 Å². The Hall–Kier alpha value is -1.02. The van der Waals surface area contributed by atoms with Crippen molar-refractivity contribution >= 4 is 17.5 Å². The molecule has 2 heterocycles. The molecule has 3 heteroatoms. The Kier molecular flexibility index (Phi) is 1.77. The third kappa shape index (κ3) is 1.30. The summed E-state index contributed by atoms with van der Waals surface area (Å²) in [5.74, 6) is -0.0961. The zero-order valence-corrected chi connectivity index (χ0v) is 7.14. The summed E-state index contributed by atoms with van der Waals surface area (Å²) in [6.45, 7) is 0. The number of amides is 1. The van der Waals surface area contributed by atoms with E-state index in [1.165, 1.54) is 0 Å². The van der Waals surface area contributed by atoms with E-state index in [1.54, 1.807) is 0 Å². The number of carbonyl (C=O) groups excluding carboxylic acids is 1. The Bertz CT molecular complexity index is 307. The van der Waals surface area contributed by atoms with Gasteiger partial charge in [0.25, 0.3) is 5.91 Å². The minimum absolute atomic E-state index is 0.0961. The highest BCUT2D eigenvalue weighted by Crippen LogP contribution is 2.12. The van der Waals surface area contributed by atoms with E-state index in [0.717, 1.165) is 5.56 Å². The van der Waals surface area contributed by atoms with Crippen molar-refractivity contribution in [3.05, 3.63) is 35.4 Å². The number of hydrogen-bond acceptors (Lipinski definition) is 1. The maximum Gasteiger partial charge on any atom is 0.252 e. The molecule has 12 heavy (non-hydrogen) atoms. The number of benzene rings is 1. The SMILES string of the molecule is O=C1NC(Cl)Cc2ccc1cc2. The summed E-state index contributed by atoms with van der Waals surface area (Å²) < 4.78 is 0. The first-order valence-electron chi connectivity index (χ1n) is 3.79. The second-order valence-corrected chi connectivity index (χ2v) is 3.37. The number of hydrogen-bond donors (Lipinski definition) is 1. The summed E-state index contributed by atoms with van der Waals surface area (Å²) in [5, 5.41) is 2.68. The number of alkyl halides is 1. The summed E-state index contributed by atoms with van der Waals surface area (Å²) in [6.07, 6.45) is 0.688. The molecule has 3 rings (SSSR count). The van der Waals surface area contributed by atoms with Crippen LogP contribution in [0.15, 0.2) is 24.3 Å². The number of fused-ring (bicyclic) bond motifs is 5. The van der Waals surface area contributed by atoms with E-state index in [2.05, 4.69) is 5.32 Å². The predicted octanol–water partition coefficient (Wildman–Crippen LogP) is 1.54. The first kappa shape index (κ1) is 7.62. The van der Waals surface area contributed by atoms with Gasteiger partial charge < -0.3 is 5.32 Å². The molecule has 1 amide bonds. The summed E-state index contributed by atoms with van der Waals surface area (Å²) in [6, 6.07) is 7.49. The van der Waals surface area contributed by atoms with Crippen LogP contribution in [-0.2, 0) is 6.42 Å². The van der Waals surface area contributed by atoms with Gasteiger partial charge in [0, 0.05) is 12.0 Å². The second kappa shape index (κ2) is 2.79. The molecule has 2 aliphatic rings. The van der Waals surface area contributed by atoms with Gasteiger partial charge in [-0.1, -0.05) is 23.7 Å². The molecule has 1 N–H and O–H groups in total. The normalized spacial score (nSPS) is 21.4. The quantitative estimate of drug-likeness (QED) is 0.478. The van der Waals surface area contributed by atoms with E-state index in [4.69, 9.17) is 11.6 Å². The molecule has 0 spiro atoms. The lowest BCUT2D eigenvalue weighted by atomic mass is 10.1. The Morgan fingerprint density at radius 3 is 2.67 bits per heavy atom. The minimum atomic E-state index is -0.280. The van der Waals surface area contributed by atoms with Crippen LogP contribution in [0.25, 0.3) is 0 Å². The predicted molar refractivity (Wildman–Crippen MR) is 47.3 cm³/mol. The van der Waals surface area contributed by atoms with Crippen LogP contribution in [0.2, 0.25) is 0 Å². The molecule has 0 saturated carbocycles. The van der Waals surface area contributed by atoms with E-state index in [1.807, 2.05) is 24.3 Å². The number of halogens is 1. The van der Waals surface area contributed by atoms with Gasteiger partial charge in [-0.3, -0.25) is 4.79 Å². The average molecular weight is 182 g/mol. The fraction of sp³-hybridized carbons (Fsp3) is 0.222. The van der Waals surface area contributed by atoms with Crippen LogP contribution < -0.4 is 5.32 Å². The summed E-state index contributed by atoms with van der Waals surface area (Å²) in [4.78, 5) is 11.3. The van der Waals surface area contributed by atoms with Crippen molar-refractivity contribution in [2.75, 3.05) is 0 Å². The Labute approximate surface area is 75.5 Å². The topological polar surface area (TPSA) is 29.1 Å². The highest BCUT2D eigenvalue weighted by atomic mass is 35.5. The van der Waals surface area contributed by atoms with Crippen LogP contribution in [0, 0.1) is 0 Å². The van der Waals surface area contributed by atoms with Gasteiger partial charge in [-0.2, -0.15) is 0 Å². The lowest BCUT2D eigenvalue weighted by molar-refractivity contribution is 0.0947. The Balaban J connectivity index is 2.46. The van der Waals surface area contributed by atoms with Crippen LogP contribution in [0.3, 0.4) is 0 Å². The van der Waals surface area contributed by atoms with Gasteiger partial charge in [-0.25, -0.2) is 0 Å². The van der Waals surface area contributed by atoms with Crippen molar-refractivity contribution in [1.29, 1.82) is 0 Å². The van der Waals surface area contributed by atoms with Crippen molar-refractivity contribution in [3.8, 4) is 0 Å². The van der Waals surface area contributed by atoms with Gasteiger partial charge in [-0.05, 0) is 17.7 Å². The van der Waals surface area contributed by atoms with Gasteiger partial charge in [0.2, 0.25) is 0 Å². The van der Waals surface area contributed by atoms with Gasteiger partial charge >= 0.3 is 0 Å². The third-order valence-corrected chi connectivity index (χ3v) is 2.18. The zero-order valence-electron chi connectivity index (χ0n) is 6.38. The molecule has 0 aliphatic carbocycles. The van der Waals surface area contributed by atoms with E-state index in [0.29, 0.717) is 12.0 Å². The van der Waals surface area contributed by atoms with Gasteiger partial charge in [0.1, 0.15) is 5.50 Å². The molecule has 0 aromatic heterocycles. The number of carbonyl (C=O) groups is 1. The van der Waals surface area contributed by atoms with E-state index in [-0.39, 0.29) is 11.4 Å². The second-order valence-electron chi connectivity index (χ2n) is 2.84. The maximum atomic E-state index is 11.3. The molecule has 0 fully saturated rings. The molecule has 0 radical (unpaired) electrons. The molecule has 2 aliphatic heterocycles. The third-order valence-electron chi connectivity index (χ3n) is 1.92. The fourth-order valence-corrected chi connectivity index (χ4v) is 1.55. The average Bonchev–Trinajstić information content (AvgIpc) is 2.02. The van der Waals surface area contributed by atoms with Crippen LogP contribution in [0.4, 0.5) is 0 Å². The van der Waals surface area contributed by atoms with Crippen molar-refractivity contribution < 1.29 is 4.79 Å². The molecule has 1 aromatic carbocycles. The maximum absolute atomic E-state index is 11.3. The molecule has 1 unspecified atom stereocenters. The molecule has 2 bridgehead atoms. The first-order valence-corrected chi connectivity index (χ1v) is 4.23. The van der Waals surface area contributed by atoms with Crippen molar-refractivity contribution in [2.45, 2.75) is 11.9 Å². The van der Waals surface area contributed by atoms with Crippen molar-refractivity contribution in [3.63, 3.8) is 0 Å². The van der Waals surface area contributed by atoms with Crippen LogP contribution in [0.5, 0.6) is 0 Å². The summed E-state index contributed by atoms with van der Waals surface area (Å²) >= 11 is 5.85. The molecule has 1 atom stereocenters. The van der Waals surface area contributed by atoms with Gasteiger partial charge in [0.05, 0.1) is 0 Å². The van der Waals surface area contributed by atoms with Crippen LogP contribution >= 0.6 is 11.6 Å². The number of rotatable bonds is 0. The standard InChI is InChI=1S/C9H8ClNO/c10-8-5-6-1-3-7(4-2-6)9(12)11-8/h1-4,8H,5H2,(H,11,12). The smallest absolute Gasteiger partial charge is 0.252 e. The minimum Gasteiger partial charge on any atom is -0.336 e. The highest BCUT2D eigenvalue weighted by Gasteiger charge is 2.14. The van der Waals surface area contributed by atoms with Gasteiger partial charge in [0.15, 0.2) is 0 Å². The highest BCUT2D eigenvalue weighted by molar-refractivity contribution is 6.22. The van der Waals surface area contributed by atoms with Crippen LogP contribution in [-0.4, -0.2) is 11.4 Å². The number of nitrogens with one attached hydrogen (secondary N) is 1. The lowest BCUT2D eigenvalue weighted by Gasteiger charge is -2.15. The molecule has 0 saturated heterocycles. The van der Waals surface area contributed by atoms with Crippen molar-refractivity contribution in [1.82, 2.24) is 5.32 Å². The summed E-state index contributed by atoms with van der Waals surface area (Å²) in [7, 11) is 0. The van der Waals surface area contributed by atoms with Crippen molar-refractivity contribution in [2.24, 2.45) is 0 Å². The molecule has 1 aromatic rings. The largest absolute Gasteiger partial charge is 0.336 e. The fourth-order valence-electron chi connectivity index (χ4n) is 1.28. The molecule has 2 nitrogen and oxygen atoms in total.